The van der Waals surface area contributed by atoms with Crippen molar-refractivity contribution in [3.8, 4) is 5.75 Å². The molecule has 3 nitrogen and oxygen atoms in total. The van der Waals surface area contributed by atoms with E-state index in [4.69, 9.17) is 4.74 Å². The number of para-hydroxylation sites is 1. The molecule has 116 valence electrons. The molecule has 0 atom stereocenters. The van der Waals surface area contributed by atoms with Gasteiger partial charge in [0.05, 0.1) is 12.2 Å². The molecule has 0 aliphatic carbocycles. The number of amides is 1. The van der Waals surface area contributed by atoms with Crippen LogP contribution in [0.15, 0.2) is 46.9 Å². The van der Waals surface area contributed by atoms with Gasteiger partial charge in [-0.25, -0.2) is 0 Å². The van der Waals surface area contributed by atoms with Gasteiger partial charge < -0.3 is 10.1 Å². The Bertz CT molecular complexity index is 655. The fourth-order valence-corrected chi connectivity index (χ4v) is 2.40. The summed E-state index contributed by atoms with van der Waals surface area (Å²) in [6, 6.07) is 13.2. The van der Waals surface area contributed by atoms with E-state index in [0.29, 0.717) is 17.9 Å². The third-order valence-electron chi connectivity index (χ3n) is 3.33. The monoisotopic (exact) mass is 361 g/mol. The molecule has 0 saturated heterocycles. The van der Waals surface area contributed by atoms with Crippen molar-refractivity contribution in [2.45, 2.75) is 26.7 Å². The molecule has 0 spiro atoms. The predicted octanol–water partition coefficient (Wildman–Crippen LogP) is 5.19. The first-order valence-electron chi connectivity index (χ1n) is 7.41. The molecule has 0 heterocycles. The molecule has 0 fully saturated rings. The number of hydrogen-bond acceptors (Lipinski definition) is 2. The Morgan fingerprint density at radius 1 is 1.23 bits per heavy atom. The van der Waals surface area contributed by atoms with E-state index in [9.17, 15) is 4.79 Å². The molecule has 1 amide bonds. The van der Waals surface area contributed by atoms with Crippen molar-refractivity contribution in [2.24, 2.45) is 0 Å². The van der Waals surface area contributed by atoms with Crippen LogP contribution in [0.25, 0.3) is 0 Å². The normalized spacial score (nSPS) is 10.3. The fourth-order valence-electron chi connectivity index (χ4n) is 2.03. The van der Waals surface area contributed by atoms with E-state index in [2.05, 4.69) is 28.2 Å². The molecule has 0 unspecified atom stereocenters. The van der Waals surface area contributed by atoms with E-state index in [1.54, 1.807) is 6.07 Å². The zero-order valence-corrected chi connectivity index (χ0v) is 14.4. The lowest BCUT2D eigenvalue weighted by molar-refractivity contribution is 0.102. The van der Waals surface area contributed by atoms with E-state index in [-0.39, 0.29) is 5.91 Å². The Morgan fingerprint density at radius 3 is 2.73 bits per heavy atom. The van der Waals surface area contributed by atoms with Gasteiger partial charge in [-0.3, -0.25) is 4.79 Å². The summed E-state index contributed by atoms with van der Waals surface area (Å²) >= 11 is 3.41. The van der Waals surface area contributed by atoms with Gasteiger partial charge in [0.25, 0.3) is 5.91 Å². The smallest absolute Gasteiger partial charge is 0.259 e. The fraction of sp³-hybridized carbons (Fsp3) is 0.278. The molecular weight excluding hydrogens is 342 g/mol. The number of hydrogen-bond donors (Lipinski definition) is 1. The lowest BCUT2D eigenvalue weighted by Gasteiger charge is -2.13. The Kier molecular flexibility index (Phi) is 6.01. The first-order valence-corrected chi connectivity index (χ1v) is 8.20. The summed E-state index contributed by atoms with van der Waals surface area (Å²) in [6.45, 7) is 4.69. The van der Waals surface area contributed by atoms with Gasteiger partial charge in [0.2, 0.25) is 0 Å². The number of benzene rings is 2. The SMILES string of the molecule is CCCCOc1ccc(Br)cc1C(=O)Nc1ccccc1C. The topological polar surface area (TPSA) is 38.3 Å². The largest absolute Gasteiger partial charge is 0.493 e. The summed E-state index contributed by atoms with van der Waals surface area (Å²) in [5.41, 5.74) is 2.38. The third-order valence-corrected chi connectivity index (χ3v) is 3.83. The van der Waals surface area contributed by atoms with Gasteiger partial charge in [-0.1, -0.05) is 47.5 Å². The summed E-state index contributed by atoms with van der Waals surface area (Å²) in [5.74, 6) is 0.449. The number of aryl methyl sites for hydroxylation is 1. The van der Waals surface area contributed by atoms with Gasteiger partial charge in [-0.2, -0.15) is 0 Å². The Morgan fingerprint density at radius 2 is 2.00 bits per heavy atom. The van der Waals surface area contributed by atoms with Gasteiger partial charge in [-0.05, 0) is 43.2 Å². The van der Waals surface area contributed by atoms with Crippen molar-refractivity contribution in [1.82, 2.24) is 0 Å². The Hall–Kier alpha value is -1.81. The summed E-state index contributed by atoms with van der Waals surface area (Å²) in [5, 5.41) is 2.94. The van der Waals surface area contributed by atoms with Crippen molar-refractivity contribution < 1.29 is 9.53 Å². The van der Waals surface area contributed by atoms with Crippen molar-refractivity contribution >= 4 is 27.5 Å². The van der Waals surface area contributed by atoms with Crippen molar-refractivity contribution in [3.05, 3.63) is 58.1 Å². The number of ether oxygens (including phenoxy) is 1. The van der Waals surface area contributed by atoms with E-state index in [0.717, 1.165) is 28.6 Å². The minimum Gasteiger partial charge on any atom is -0.493 e. The van der Waals surface area contributed by atoms with Crippen molar-refractivity contribution in [3.63, 3.8) is 0 Å². The van der Waals surface area contributed by atoms with E-state index in [1.165, 1.54) is 0 Å². The van der Waals surface area contributed by atoms with Crippen molar-refractivity contribution in [1.29, 1.82) is 0 Å². The Balaban J connectivity index is 2.20. The molecule has 0 radical (unpaired) electrons. The lowest BCUT2D eigenvalue weighted by atomic mass is 10.1. The number of carbonyl (C=O) groups is 1. The van der Waals surface area contributed by atoms with Crippen LogP contribution in [0.3, 0.4) is 0 Å². The average Bonchev–Trinajstić information content (AvgIpc) is 2.51. The average molecular weight is 362 g/mol. The van der Waals surface area contributed by atoms with E-state index < -0.39 is 0 Å². The van der Waals surface area contributed by atoms with Gasteiger partial charge in [-0.15, -0.1) is 0 Å². The number of nitrogens with one attached hydrogen (secondary N) is 1. The quantitative estimate of drug-likeness (QED) is 0.719. The lowest BCUT2D eigenvalue weighted by Crippen LogP contribution is -2.14. The number of anilines is 1. The van der Waals surface area contributed by atoms with Crippen molar-refractivity contribution in [2.75, 3.05) is 11.9 Å². The highest BCUT2D eigenvalue weighted by molar-refractivity contribution is 9.10. The second kappa shape index (κ2) is 7.99. The van der Waals surface area contributed by atoms with Crippen LogP contribution in [0.4, 0.5) is 5.69 Å². The summed E-state index contributed by atoms with van der Waals surface area (Å²) in [4.78, 5) is 12.6. The molecule has 2 aromatic carbocycles. The van der Waals surface area contributed by atoms with Gasteiger partial charge in [0, 0.05) is 10.2 Å². The van der Waals surface area contributed by atoms with E-state index >= 15 is 0 Å². The second-order valence-corrected chi connectivity index (χ2v) is 6.03. The summed E-state index contributed by atoms with van der Waals surface area (Å²) in [7, 11) is 0. The van der Waals surface area contributed by atoms with Gasteiger partial charge >= 0.3 is 0 Å². The molecule has 0 saturated carbocycles. The van der Waals surface area contributed by atoms with Gasteiger partial charge in [0.15, 0.2) is 0 Å². The highest BCUT2D eigenvalue weighted by Crippen LogP contribution is 2.25. The van der Waals surface area contributed by atoms with Crippen LogP contribution in [0, 0.1) is 6.92 Å². The van der Waals surface area contributed by atoms with Gasteiger partial charge in [0.1, 0.15) is 5.75 Å². The molecule has 2 rings (SSSR count). The predicted molar refractivity (Wildman–Crippen MR) is 93.7 cm³/mol. The Labute approximate surface area is 139 Å². The number of halogens is 1. The molecule has 0 aliphatic rings. The van der Waals surface area contributed by atoms with Crippen LogP contribution in [0.2, 0.25) is 0 Å². The molecule has 0 bridgehead atoms. The number of unbranched alkanes of at least 4 members (excludes halogenated alkanes) is 1. The molecule has 2 aromatic rings. The summed E-state index contributed by atoms with van der Waals surface area (Å²) < 4.78 is 6.59. The third kappa shape index (κ3) is 4.34. The maximum absolute atomic E-state index is 12.6. The summed E-state index contributed by atoms with van der Waals surface area (Å²) in [6.07, 6.45) is 2.02. The highest BCUT2D eigenvalue weighted by Gasteiger charge is 2.14. The van der Waals surface area contributed by atoms with E-state index in [1.807, 2.05) is 43.3 Å². The molecule has 22 heavy (non-hydrogen) atoms. The zero-order valence-electron chi connectivity index (χ0n) is 12.9. The molecule has 4 heteroatoms. The van der Waals surface area contributed by atoms with Crippen LogP contribution in [-0.4, -0.2) is 12.5 Å². The molecule has 1 N–H and O–H groups in total. The standard InChI is InChI=1S/C18H20BrNO2/c1-3-4-11-22-17-10-9-14(19)12-15(17)18(21)20-16-8-6-5-7-13(16)2/h5-10,12H,3-4,11H2,1-2H3,(H,20,21). The first kappa shape index (κ1) is 16.6. The molecule has 0 aromatic heterocycles. The number of carbonyl (C=O) groups excluding carboxylic acids is 1. The maximum Gasteiger partial charge on any atom is 0.259 e. The van der Waals surface area contributed by atoms with Crippen LogP contribution < -0.4 is 10.1 Å². The van der Waals surface area contributed by atoms with Crippen LogP contribution >= 0.6 is 15.9 Å². The second-order valence-electron chi connectivity index (χ2n) is 5.11. The van der Waals surface area contributed by atoms with Crippen LogP contribution in [-0.2, 0) is 0 Å². The first-order chi connectivity index (χ1) is 10.6. The van der Waals surface area contributed by atoms with Crippen LogP contribution in [0.5, 0.6) is 5.75 Å². The highest BCUT2D eigenvalue weighted by atomic mass is 79.9. The maximum atomic E-state index is 12.6. The number of rotatable bonds is 6. The minimum absolute atomic E-state index is 0.165. The van der Waals surface area contributed by atoms with Crippen LogP contribution in [0.1, 0.15) is 35.7 Å². The minimum atomic E-state index is -0.165. The zero-order chi connectivity index (χ0) is 15.9. The molecule has 0 aliphatic heterocycles. The molecular formula is C18H20BrNO2.